The van der Waals surface area contributed by atoms with E-state index in [1.54, 1.807) is 24.4 Å². The van der Waals surface area contributed by atoms with E-state index >= 15 is 0 Å². The number of nitrogens with zero attached hydrogens (tertiary/aromatic N) is 2. The van der Waals surface area contributed by atoms with Crippen LogP contribution in [0.1, 0.15) is 53.7 Å². The molecule has 0 bridgehead atoms. The van der Waals surface area contributed by atoms with Crippen LogP contribution >= 0.6 is 0 Å². The summed E-state index contributed by atoms with van der Waals surface area (Å²) in [5, 5.41) is 16.6. The summed E-state index contributed by atoms with van der Waals surface area (Å²) in [6.45, 7) is 6.49. The number of aromatic hydroxyl groups is 1. The number of aromatic nitrogens is 1. The minimum absolute atomic E-state index is 0.0144. The highest BCUT2D eigenvalue weighted by Crippen LogP contribution is 2.35. The zero-order chi connectivity index (χ0) is 24.5. The molecule has 2 heterocycles. The lowest BCUT2D eigenvalue weighted by Crippen LogP contribution is -2.37. The number of anilines is 4. The van der Waals surface area contributed by atoms with Gasteiger partial charge in [-0.25, -0.2) is 4.98 Å². The standard InChI is InChI=1S/C28H34N4O2/c1-18-8-10-21(33)17-24(18)30-23-12-14-29-27-26(23)25(34)16-20-15-19(9-11-22(20)31-27)7-6-13-28(2,3)32(4)5/h8-12,14-15,17,33H,6-7,13,16H2,1-5H3,(H2,29,30,31). The summed E-state index contributed by atoms with van der Waals surface area (Å²) in [6, 6.07) is 13.3. The first-order valence-corrected chi connectivity index (χ1v) is 11.8. The summed E-state index contributed by atoms with van der Waals surface area (Å²) in [5.41, 5.74) is 6.26. The van der Waals surface area contributed by atoms with E-state index in [9.17, 15) is 9.90 Å². The Morgan fingerprint density at radius 1 is 1.12 bits per heavy atom. The maximum Gasteiger partial charge on any atom is 0.173 e. The number of Topliss-reactive ketones (excluding diaryl/α,β-unsaturated/α-hetero) is 1. The van der Waals surface area contributed by atoms with Crippen LogP contribution in [0.15, 0.2) is 48.7 Å². The fourth-order valence-electron chi connectivity index (χ4n) is 4.24. The van der Waals surface area contributed by atoms with Crippen LogP contribution < -0.4 is 10.6 Å². The number of fused-ring (bicyclic) bond motifs is 2. The van der Waals surface area contributed by atoms with Gasteiger partial charge < -0.3 is 20.6 Å². The quantitative estimate of drug-likeness (QED) is 0.404. The number of rotatable bonds is 7. The van der Waals surface area contributed by atoms with Crippen LogP contribution in [0, 0.1) is 6.92 Å². The summed E-state index contributed by atoms with van der Waals surface area (Å²) < 4.78 is 0. The number of pyridine rings is 1. The van der Waals surface area contributed by atoms with E-state index in [0.717, 1.165) is 41.8 Å². The Morgan fingerprint density at radius 2 is 1.91 bits per heavy atom. The Labute approximate surface area is 202 Å². The van der Waals surface area contributed by atoms with E-state index in [-0.39, 0.29) is 17.1 Å². The molecule has 1 aliphatic heterocycles. The lowest BCUT2D eigenvalue weighted by Gasteiger charge is -2.32. The molecule has 3 aromatic rings. The van der Waals surface area contributed by atoms with Crippen molar-refractivity contribution < 1.29 is 9.90 Å². The molecule has 0 saturated carbocycles. The predicted octanol–water partition coefficient (Wildman–Crippen LogP) is 5.98. The second kappa shape index (κ2) is 9.47. The Kier molecular flexibility index (Phi) is 6.62. The first-order valence-electron chi connectivity index (χ1n) is 11.8. The molecular weight excluding hydrogens is 424 g/mol. The molecule has 1 aromatic heterocycles. The molecule has 0 saturated heterocycles. The van der Waals surface area contributed by atoms with Gasteiger partial charge in [0.25, 0.3) is 0 Å². The number of phenolic OH excluding ortho intramolecular Hbond substituents is 1. The average Bonchev–Trinajstić information content (AvgIpc) is 2.92. The number of aryl methyl sites for hydroxylation is 2. The maximum absolute atomic E-state index is 13.4. The van der Waals surface area contributed by atoms with Crippen LogP contribution in [0.5, 0.6) is 5.75 Å². The smallest absolute Gasteiger partial charge is 0.173 e. The summed E-state index contributed by atoms with van der Waals surface area (Å²) in [6.07, 6.45) is 5.17. The molecule has 0 amide bonds. The van der Waals surface area contributed by atoms with Gasteiger partial charge in [0, 0.05) is 35.6 Å². The first kappa shape index (κ1) is 23.8. The second-order valence-electron chi connectivity index (χ2n) is 9.98. The molecule has 0 fully saturated rings. The lowest BCUT2D eigenvalue weighted by molar-refractivity contribution is 0.0995. The highest BCUT2D eigenvalue weighted by atomic mass is 16.3. The van der Waals surface area contributed by atoms with Crippen LogP contribution in [0.4, 0.5) is 22.9 Å². The number of carbonyl (C=O) groups excluding carboxylic acids is 1. The fourth-order valence-corrected chi connectivity index (χ4v) is 4.24. The van der Waals surface area contributed by atoms with Gasteiger partial charge >= 0.3 is 0 Å². The Hall–Kier alpha value is -3.38. The van der Waals surface area contributed by atoms with Crippen LogP contribution in [-0.2, 0) is 12.8 Å². The van der Waals surface area contributed by atoms with E-state index < -0.39 is 0 Å². The van der Waals surface area contributed by atoms with Crippen molar-refractivity contribution in [2.75, 3.05) is 24.7 Å². The molecule has 0 atom stereocenters. The monoisotopic (exact) mass is 458 g/mol. The minimum Gasteiger partial charge on any atom is -0.508 e. The van der Waals surface area contributed by atoms with E-state index in [4.69, 9.17) is 0 Å². The molecular formula is C28H34N4O2. The molecule has 0 spiro atoms. The Balaban J connectivity index is 1.56. The molecule has 178 valence electrons. The van der Waals surface area contributed by atoms with Crippen LogP contribution in [0.3, 0.4) is 0 Å². The van der Waals surface area contributed by atoms with Crippen molar-refractivity contribution in [3.63, 3.8) is 0 Å². The second-order valence-corrected chi connectivity index (χ2v) is 9.98. The van der Waals surface area contributed by atoms with Crippen molar-refractivity contribution in [2.45, 2.75) is 52.0 Å². The Bertz CT molecular complexity index is 1220. The zero-order valence-electron chi connectivity index (χ0n) is 20.7. The zero-order valence-corrected chi connectivity index (χ0v) is 20.7. The largest absolute Gasteiger partial charge is 0.508 e. The van der Waals surface area contributed by atoms with Crippen molar-refractivity contribution >= 4 is 28.7 Å². The SMILES string of the molecule is Cc1ccc(O)cc1Nc1ccnc2c1C(=O)Cc1cc(CCCC(C)(C)N(C)C)ccc1N2. The fraction of sp³-hybridized carbons (Fsp3) is 0.357. The van der Waals surface area contributed by atoms with Crippen molar-refractivity contribution in [1.29, 1.82) is 0 Å². The third-order valence-corrected chi connectivity index (χ3v) is 6.96. The Morgan fingerprint density at radius 3 is 2.68 bits per heavy atom. The molecule has 0 aliphatic carbocycles. The summed E-state index contributed by atoms with van der Waals surface area (Å²) >= 11 is 0. The summed E-state index contributed by atoms with van der Waals surface area (Å²) in [5.74, 6) is 0.735. The summed E-state index contributed by atoms with van der Waals surface area (Å²) in [4.78, 5) is 20.1. The van der Waals surface area contributed by atoms with E-state index in [1.807, 2.05) is 13.0 Å². The maximum atomic E-state index is 13.4. The molecule has 2 aromatic carbocycles. The normalized spacial score (nSPS) is 13.2. The molecule has 0 radical (unpaired) electrons. The lowest BCUT2D eigenvalue weighted by atomic mass is 9.93. The van der Waals surface area contributed by atoms with Gasteiger partial charge in [0.2, 0.25) is 0 Å². The van der Waals surface area contributed by atoms with Gasteiger partial charge in [-0.05, 0) is 89.0 Å². The summed E-state index contributed by atoms with van der Waals surface area (Å²) in [7, 11) is 4.24. The number of hydrogen-bond acceptors (Lipinski definition) is 6. The van der Waals surface area contributed by atoms with Crippen molar-refractivity contribution in [2.24, 2.45) is 0 Å². The molecule has 4 rings (SSSR count). The van der Waals surface area contributed by atoms with Crippen LogP contribution in [0.2, 0.25) is 0 Å². The van der Waals surface area contributed by atoms with Gasteiger partial charge in [-0.1, -0.05) is 18.2 Å². The van der Waals surface area contributed by atoms with Gasteiger partial charge in [0.05, 0.1) is 11.3 Å². The number of carbonyl (C=O) groups is 1. The van der Waals surface area contributed by atoms with Gasteiger partial charge in [0.15, 0.2) is 5.78 Å². The number of ketones is 1. The topological polar surface area (TPSA) is 77.5 Å². The van der Waals surface area contributed by atoms with Crippen molar-refractivity contribution in [1.82, 2.24) is 9.88 Å². The predicted molar refractivity (Wildman–Crippen MR) is 139 cm³/mol. The number of phenols is 1. The molecule has 3 N–H and O–H groups in total. The van der Waals surface area contributed by atoms with E-state index in [1.165, 1.54) is 5.56 Å². The van der Waals surface area contributed by atoms with Crippen molar-refractivity contribution in [3.05, 3.63) is 70.9 Å². The third kappa shape index (κ3) is 5.07. The molecule has 0 unspecified atom stereocenters. The van der Waals surface area contributed by atoms with Gasteiger partial charge in [0.1, 0.15) is 11.6 Å². The van der Waals surface area contributed by atoms with Crippen molar-refractivity contribution in [3.8, 4) is 5.75 Å². The highest BCUT2D eigenvalue weighted by Gasteiger charge is 2.24. The number of nitrogens with one attached hydrogen (secondary N) is 2. The van der Waals surface area contributed by atoms with Gasteiger partial charge in [-0.15, -0.1) is 0 Å². The van der Waals surface area contributed by atoms with Gasteiger partial charge in [-0.2, -0.15) is 0 Å². The average molecular weight is 459 g/mol. The molecule has 6 heteroatoms. The highest BCUT2D eigenvalue weighted by molar-refractivity contribution is 6.09. The molecule has 34 heavy (non-hydrogen) atoms. The molecule has 1 aliphatic rings. The van der Waals surface area contributed by atoms with Gasteiger partial charge in [-0.3, -0.25) is 4.79 Å². The third-order valence-electron chi connectivity index (χ3n) is 6.96. The number of benzene rings is 2. The van der Waals surface area contributed by atoms with Crippen LogP contribution in [-0.4, -0.2) is 40.4 Å². The minimum atomic E-state index is 0.0144. The van der Waals surface area contributed by atoms with E-state index in [0.29, 0.717) is 23.5 Å². The molecule has 6 nitrogen and oxygen atoms in total. The first-order chi connectivity index (χ1) is 16.1. The van der Waals surface area contributed by atoms with E-state index in [2.05, 4.69) is 66.7 Å². The number of hydrogen-bond donors (Lipinski definition) is 3. The van der Waals surface area contributed by atoms with Crippen LogP contribution in [0.25, 0.3) is 0 Å².